The maximum atomic E-state index is 10.4. The van der Waals surface area contributed by atoms with Gasteiger partial charge in [0.2, 0.25) is 0 Å². The van der Waals surface area contributed by atoms with E-state index in [4.69, 9.17) is 5.11 Å². The molecule has 2 heteroatoms. The topological polar surface area (TPSA) is 37.3 Å². The van der Waals surface area contributed by atoms with Crippen molar-refractivity contribution >= 4 is 5.97 Å². The number of carboxylic acids is 1. The monoisotopic (exact) mass is 254 g/mol. The summed E-state index contributed by atoms with van der Waals surface area (Å²) >= 11 is 0. The predicted molar refractivity (Wildman–Crippen MR) is 77.9 cm³/mol. The molecule has 0 amide bonds. The van der Waals surface area contributed by atoms with Crippen LogP contribution in [0.15, 0.2) is 11.6 Å². The van der Waals surface area contributed by atoms with Gasteiger partial charge in [-0.2, -0.15) is 0 Å². The summed E-state index contributed by atoms with van der Waals surface area (Å²) in [6, 6.07) is 0. The lowest BCUT2D eigenvalue weighted by Gasteiger charge is -2.02. The Bertz CT molecular complexity index is 231. The van der Waals surface area contributed by atoms with E-state index in [-0.39, 0.29) is 0 Å². The zero-order valence-electron chi connectivity index (χ0n) is 12.2. The van der Waals surface area contributed by atoms with Crippen LogP contribution in [0.4, 0.5) is 0 Å². The summed E-state index contributed by atoms with van der Waals surface area (Å²) in [5.74, 6) is -0.820. The number of rotatable bonds is 12. The van der Waals surface area contributed by atoms with Crippen LogP contribution in [0.3, 0.4) is 0 Å². The standard InChI is InChI=1S/C16H30O2/c1-3-4-5-6-7-8-9-10-11-12-13-15(2)14-16(17)18/h14H,3-13H2,1-2H3,(H,17,18)/b15-14+. The SMILES string of the molecule is CCCCCCCCCCCC/C(C)=C/C(=O)O. The average Bonchev–Trinajstić information content (AvgIpc) is 2.30. The van der Waals surface area contributed by atoms with Crippen LogP contribution in [0.2, 0.25) is 0 Å². The van der Waals surface area contributed by atoms with Crippen LogP contribution < -0.4 is 0 Å². The first-order valence-corrected chi connectivity index (χ1v) is 7.57. The molecule has 0 aliphatic rings. The van der Waals surface area contributed by atoms with Gasteiger partial charge < -0.3 is 5.11 Å². The molecular weight excluding hydrogens is 224 g/mol. The van der Waals surface area contributed by atoms with Gasteiger partial charge in [-0.25, -0.2) is 4.79 Å². The Morgan fingerprint density at radius 1 is 0.889 bits per heavy atom. The van der Waals surface area contributed by atoms with E-state index < -0.39 is 5.97 Å². The summed E-state index contributed by atoms with van der Waals surface area (Å²) in [5, 5.41) is 8.57. The van der Waals surface area contributed by atoms with E-state index in [1.165, 1.54) is 63.9 Å². The number of carbonyl (C=O) groups is 1. The molecule has 0 rings (SSSR count). The van der Waals surface area contributed by atoms with Gasteiger partial charge in [0.15, 0.2) is 0 Å². The van der Waals surface area contributed by atoms with E-state index in [0.717, 1.165) is 18.4 Å². The fourth-order valence-corrected chi connectivity index (χ4v) is 2.17. The van der Waals surface area contributed by atoms with Crippen molar-refractivity contribution in [2.24, 2.45) is 0 Å². The van der Waals surface area contributed by atoms with Crippen molar-refractivity contribution in [1.29, 1.82) is 0 Å². The number of allylic oxidation sites excluding steroid dienone is 1. The first-order valence-electron chi connectivity index (χ1n) is 7.57. The number of hydrogen-bond donors (Lipinski definition) is 1. The van der Waals surface area contributed by atoms with Gasteiger partial charge in [-0.1, -0.05) is 70.3 Å². The van der Waals surface area contributed by atoms with Crippen molar-refractivity contribution in [2.45, 2.75) is 84.5 Å². The van der Waals surface area contributed by atoms with Crippen LogP contribution in [-0.2, 0) is 4.79 Å². The van der Waals surface area contributed by atoms with E-state index in [1.54, 1.807) is 0 Å². The molecule has 0 unspecified atom stereocenters. The number of carboxylic acid groups (broad SMARTS) is 1. The summed E-state index contributed by atoms with van der Waals surface area (Å²) in [5.41, 5.74) is 0.988. The zero-order chi connectivity index (χ0) is 13.6. The zero-order valence-corrected chi connectivity index (χ0v) is 12.2. The van der Waals surface area contributed by atoms with E-state index in [1.807, 2.05) is 6.92 Å². The molecule has 0 aromatic carbocycles. The minimum absolute atomic E-state index is 0.820. The van der Waals surface area contributed by atoms with Gasteiger partial charge in [0.25, 0.3) is 0 Å². The molecule has 0 bridgehead atoms. The van der Waals surface area contributed by atoms with Gasteiger partial charge in [0, 0.05) is 6.08 Å². The lowest BCUT2D eigenvalue weighted by Crippen LogP contribution is -1.90. The van der Waals surface area contributed by atoms with Crippen LogP contribution in [0.25, 0.3) is 0 Å². The van der Waals surface area contributed by atoms with Crippen molar-refractivity contribution in [3.63, 3.8) is 0 Å². The molecule has 0 saturated heterocycles. The Morgan fingerprint density at radius 3 is 1.78 bits per heavy atom. The van der Waals surface area contributed by atoms with Crippen molar-refractivity contribution in [3.8, 4) is 0 Å². The van der Waals surface area contributed by atoms with Crippen LogP contribution in [0.1, 0.15) is 84.5 Å². The largest absolute Gasteiger partial charge is 0.478 e. The Kier molecular flexibility index (Phi) is 12.1. The average molecular weight is 254 g/mol. The fourth-order valence-electron chi connectivity index (χ4n) is 2.17. The third-order valence-electron chi connectivity index (χ3n) is 3.29. The molecule has 0 heterocycles. The van der Waals surface area contributed by atoms with Crippen molar-refractivity contribution in [3.05, 3.63) is 11.6 Å². The second-order valence-electron chi connectivity index (χ2n) is 5.26. The van der Waals surface area contributed by atoms with Gasteiger partial charge in [0.1, 0.15) is 0 Å². The summed E-state index contributed by atoms with van der Waals surface area (Å²) in [4.78, 5) is 10.4. The van der Waals surface area contributed by atoms with E-state index in [9.17, 15) is 4.79 Å². The molecule has 106 valence electrons. The van der Waals surface area contributed by atoms with Gasteiger partial charge in [-0.3, -0.25) is 0 Å². The van der Waals surface area contributed by atoms with Crippen LogP contribution in [-0.4, -0.2) is 11.1 Å². The Balaban J connectivity index is 3.19. The van der Waals surface area contributed by atoms with E-state index >= 15 is 0 Å². The molecule has 2 nitrogen and oxygen atoms in total. The molecule has 0 spiro atoms. The van der Waals surface area contributed by atoms with Crippen molar-refractivity contribution in [2.75, 3.05) is 0 Å². The molecule has 0 aliphatic heterocycles. The summed E-state index contributed by atoms with van der Waals surface area (Å²) < 4.78 is 0. The second-order valence-corrected chi connectivity index (χ2v) is 5.26. The van der Waals surface area contributed by atoms with Gasteiger partial charge in [-0.05, 0) is 19.8 Å². The number of hydrogen-bond acceptors (Lipinski definition) is 1. The molecule has 0 radical (unpaired) electrons. The molecule has 0 aromatic rings. The van der Waals surface area contributed by atoms with Crippen LogP contribution in [0, 0.1) is 0 Å². The smallest absolute Gasteiger partial charge is 0.328 e. The highest BCUT2D eigenvalue weighted by atomic mass is 16.4. The molecule has 0 aliphatic carbocycles. The first kappa shape index (κ1) is 17.2. The van der Waals surface area contributed by atoms with E-state index in [2.05, 4.69) is 6.92 Å². The minimum atomic E-state index is -0.820. The summed E-state index contributed by atoms with van der Waals surface area (Å²) in [6.45, 7) is 4.16. The predicted octanol–water partition coefficient (Wildman–Crippen LogP) is 5.33. The third-order valence-corrected chi connectivity index (χ3v) is 3.29. The van der Waals surface area contributed by atoms with Gasteiger partial charge in [-0.15, -0.1) is 0 Å². The highest BCUT2D eigenvalue weighted by Gasteiger charge is 1.96. The second kappa shape index (κ2) is 12.7. The Labute approximate surface area is 112 Å². The molecule has 0 atom stereocenters. The molecule has 1 N–H and O–H groups in total. The van der Waals surface area contributed by atoms with Gasteiger partial charge >= 0.3 is 5.97 Å². The molecule has 0 aromatic heterocycles. The summed E-state index contributed by atoms with van der Waals surface area (Å²) in [6.07, 6.45) is 15.5. The molecule has 18 heavy (non-hydrogen) atoms. The Morgan fingerprint density at radius 2 is 1.33 bits per heavy atom. The molecule has 0 saturated carbocycles. The first-order chi connectivity index (χ1) is 8.66. The lowest BCUT2D eigenvalue weighted by molar-refractivity contribution is -0.131. The van der Waals surface area contributed by atoms with Gasteiger partial charge in [0.05, 0.1) is 0 Å². The normalized spacial score (nSPS) is 11.8. The van der Waals surface area contributed by atoms with Crippen LogP contribution >= 0.6 is 0 Å². The number of unbranched alkanes of at least 4 members (excludes halogenated alkanes) is 9. The van der Waals surface area contributed by atoms with E-state index in [0.29, 0.717) is 0 Å². The maximum absolute atomic E-state index is 10.4. The number of aliphatic carboxylic acids is 1. The Hall–Kier alpha value is -0.790. The quantitative estimate of drug-likeness (QED) is 0.377. The minimum Gasteiger partial charge on any atom is -0.478 e. The lowest BCUT2D eigenvalue weighted by atomic mass is 10.0. The molecular formula is C16H30O2. The third kappa shape index (κ3) is 13.3. The highest BCUT2D eigenvalue weighted by Crippen LogP contribution is 2.13. The summed E-state index contributed by atoms with van der Waals surface area (Å²) in [7, 11) is 0. The maximum Gasteiger partial charge on any atom is 0.328 e. The van der Waals surface area contributed by atoms with Crippen LogP contribution in [0.5, 0.6) is 0 Å². The molecule has 0 fully saturated rings. The fraction of sp³-hybridized carbons (Fsp3) is 0.812. The van der Waals surface area contributed by atoms with Crippen molar-refractivity contribution < 1.29 is 9.90 Å². The highest BCUT2D eigenvalue weighted by molar-refractivity contribution is 5.80. The van der Waals surface area contributed by atoms with Crippen molar-refractivity contribution in [1.82, 2.24) is 0 Å².